The van der Waals surface area contributed by atoms with Gasteiger partial charge < -0.3 is 0 Å². The van der Waals surface area contributed by atoms with E-state index in [9.17, 15) is 25.4 Å². The summed E-state index contributed by atoms with van der Waals surface area (Å²) in [4.78, 5) is 0.981. The zero-order valence-corrected chi connectivity index (χ0v) is 12.2. The molecule has 0 heterocycles. The van der Waals surface area contributed by atoms with E-state index in [1.165, 1.54) is 0 Å². The second kappa shape index (κ2) is 5.90. The molecule has 0 aliphatic heterocycles. The molecule has 22 heavy (non-hydrogen) atoms. The van der Waals surface area contributed by atoms with Crippen LogP contribution in [0.15, 0.2) is 46.0 Å². The Labute approximate surface area is 131 Å². The van der Waals surface area contributed by atoms with Crippen LogP contribution >= 0.6 is 11.8 Å². The minimum absolute atomic E-state index is 0.218. The summed E-state index contributed by atoms with van der Waals surface area (Å²) < 4.78 is 14.4. The van der Waals surface area contributed by atoms with Crippen LogP contribution in [0.1, 0.15) is 12.8 Å². The highest BCUT2D eigenvalue weighted by molar-refractivity contribution is 8.03. The van der Waals surface area contributed by atoms with Crippen molar-refractivity contribution in [3.63, 3.8) is 0 Å². The highest BCUT2D eigenvalue weighted by atomic mass is 32.2. The van der Waals surface area contributed by atoms with Crippen molar-refractivity contribution in [2.75, 3.05) is 0 Å². The molecule has 0 unspecified atom stereocenters. The molecule has 0 spiro atoms. The summed E-state index contributed by atoms with van der Waals surface area (Å²) in [5.41, 5.74) is -3.86. The van der Waals surface area contributed by atoms with E-state index in [2.05, 4.69) is 0 Å². The Hall–Kier alpha value is -2.80. The van der Waals surface area contributed by atoms with E-state index in [1.54, 1.807) is 48.5 Å². The predicted octanol–water partition coefficient (Wildman–Crippen LogP) is 3.82. The molecule has 4 nitrogen and oxygen atoms in total. The van der Waals surface area contributed by atoms with E-state index in [1.807, 2.05) is 6.07 Å². The molecule has 0 atom stereocenters. The van der Waals surface area contributed by atoms with Crippen LogP contribution < -0.4 is 0 Å². The van der Waals surface area contributed by atoms with Gasteiger partial charge in [0.15, 0.2) is 10.8 Å². The van der Waals surface area contributed by atoms with Gasteiger partial charge in [-0.25, -0.2) is 4.39 Å². The summed E-state index contributed by atoms with van der Waals surface area (Å²) in [5.74, 6) is -0.613. The van der Waals surface area contributed by atoms with Crippen molar-refractivity contribution in [2.24, 2.45) is 10.8 Å². The fourth-order valence-corrected chi connectivity index (χ4v) is 3.33. The lowest BCUT2D eigenvalue weighted by Crippen LogP contribution is -2.41. The van der Waals surface area contributed by atoms with E-state index in [0.717, 1.165) is 16.7 Å². The maximum atomic E-state index is 14.4. The average Bonchev–Trinajstić information content (AvgIpc) is 2.57. The molecule has 106 valence electrons. The summed E-state index contributed by atoms with van der Waals surface area (Å²) >= 11 is 1.11. The summed E-state index contributed by atoms with van der Waals surface area (Å²) in [6.45, 7) is 0. The Morgan fingerprint density at radius 1 is 0.864 bits per heavy atom. The first-order valence-electron chi connectivity index (χ1n) is 6.32. The predicted molar refractivity (Wildman–Crippen MR) is 77.0 cm³/mol. The van der Waals surface area contributed by atoms with Gasteiger partial charge in [0.25, 0.3) is 0 Å². The van der Waals surface area contributed by atoms with E-state index >= 15 is 0 Å². The Balaban J connectivity index is 2.49. The maximum Gasteiger partial charge on any atom is 0.181 e. The van der Waals surface area contributed by atoms with E-state index in [-0.39, 0.29) is 11.3 Å². The van der Waals surface area contributed by atoms with Gasteiger partial charge >= 0.3 is 0 Å². The first-order chi connectivity index (χ1) is 10.6. The molecule has 6 heteroatoms. The Bertz CT molecular complexity index is 759. The fourth-order valence-electron chi connectivity index (χ4n) is 2.28. The number of hydrogen-bond acceptors (Lipinski definition) is 5. The molecule has 1 aliphatic carbocycles. The van der Waals surface area contributed by atoms with Gasteiger partial charge in [0, 0.05) is 22.6 Å². The van der Waals surface area contributed by atoms with Gasteiger partial charge in [0.05, 0.1) is 24.3 Å². The number of benzene rings is 1. The summed E-state index contributed by atoms with van der Waals surface area (Å²) in [5, 5.41) is 37.3. The molecule has 0 aromatic heterocycles. The van der Waals surface area contributed by atoms with E-state index in [4.69, 9.17) is 0 Å². The number of halogens is 1. The lowest BCUT2D eigenvalue weighted by molar-refractivity contribution is 0.256. The first kappa shape index (κ1) is 15.6. The molecule has 1 aromatic carbocycles. The number of allylic oxidation sites excluding steroid dienone is 2. The molecule has 1 aliphatic rings. The molecular weight excluding hydrogens is 299 g/mol. The average molecular weight is 308 g/mol. The molecule has 0 saturated carbocycles. The van der Waals surface area contributed by atoms with E-state index < -0.39 is 23.1 Å². The van der Waals surface area contributed by atoms with Gasteiger partial charge in [0.2, 0.25) is 0 Å². The van der Waals surface area contributed by atoms with Crippen molar-refractivity contribution in [1.29, 1.82) is 21.0 Å². The zero-order chi connectivity index (χ0) is 16.2. The van der Waals surface area contributed by atoms with Crippen LogP contribution in [0, 0.1) is 56.2 Å². The number of hydrogen-bond donors (Lipinski definition) is 0. The third-order valence-electron chi connectivity index (χ3n) is 3.62. The van der Waals surface area contributed by atoms with Crippen molar-refractivity contribution >= 4 is 11.8 Å². The number of thioether (sulfide) groups is 1. The van der Waals surface area contributed by atoms with Crippen LogP contribution in [0.4, 0.5) is 4.39 Å². The largest absolute Gasteiger partial charge is 0.211 e. The molecule has 0 amide bonds. The molecule has 2 rings (SSSR count). The van der Waals surface area contributed by atoms with Crippen molar-refractivity contribution in [1.82, 2.24) is 0 Å². The molecule has 1 aromatic rings. The highest BCUT2D eigenvalue weighted by Gasteiger charge is 2.58. The van der Waals surface area contributed by atoms with Crippen LogP contribution in [0.3, 0.4) is 0 Å². The molecule has 0 bridgehead atoms. The molecule has 0 fully saturated rings. The second-order valence-corrected chi connectivity index (χ2v) is 6.02. The summed E-state index contributed by atoms with van der Waals surface area (Å²) in [7, 11) is 0. The van der Waals surface area contributed by atoms with Gasteiger partial charge in [0.1, 0.15) is 5.83 Å². The minimum Gasteiger partial charge on any atom is -0.211 e. The van der Waals surface area contributed by atoms with Crippen LogP contribution in [-0.2, 0) is 0 Å². The lowest BCUT2D eigenvalue weighted by Gasteiger charge is -2.35. The summed E-state index contributed by atoms with van der Waals surface area (Å²) in [6.07, 6.45) is -0.817. The second-order valence-electron chi connectivity index (χ2n) is 4.85. The third kappa shape index (κ3) is 2.31. The van der Waals surface area contributed by atoms with Gasteiger partial charge in [-0.15, -0.1) is 0 Å². The summed E-state index contributed by atoms with van der Waals surface area (Å²) in [6, 6.07) is 15.9. The molecular formula is C16H9FN4S. The lowest BCUT2D eigenvalue weighted by atomic mass is 9.60. The zero-order valence-electron chi connectivity index (χ0n) is 11.4. The number of nitrogens with zero attached hydrogens (tertiary/aromatic N) is 4. The monoisotopic (exact) mass is 308 g/mol. The highest BCUT2D eigenvalue weighted by Crippen LogP contribution is 2.54. The molecule has 0 N–H and O–H groups in total. The smallest absolute Gasteiger partial charge is 0.181 e. The SMILES string of the molecule is N#CC1(C#N)CC(F)=C(Sc2ccccc2)CC1(C#N)C#N. The topological polar surface area (TPSA) is 95.2 Å². The maximum absolute atomic E-state index is 14.4. The standard InChI is InChI=1S/C16H9FN4S/c17-13-6-15(8-18,9-19)16(10-20,11-21)7-14(13)22-12-4-2-1-3-5-12/h1-5H,6-7H2. The molecule has 0 saturated heterocycles. The third-order valence-corrected chi connectivity index (χ3v) is 4.74. The fraction of sp³-hybridized carbons (Fsp3) is 0.250. The molecule has 0 radical (unpaired) electrons. The number of rotatable bonds is 2. The van der Waals surface area contributed by atoms with Gasteiger partial charge in [-0.2, -0.15) is 21.0 Å². The van der Waals surface area contributed by atoms with Crippen molar-refractivity contribution < 1.29 is 4.39 Å². The Morgan fingerprint density at radius 3 is 1.86 bits per heavy atom. The Morgan fingerprint density at radius 2 is 1.36 bits per heavy atom. The van der Waals surface area contributed by atoms with Crippen molar-refractivity contribution in [2.45, 2.75) is 17.7 Å². The van der Waals surface area contributed by atoms with Crippen molar-refractivity contribution in [3.05, 3.63) is 41.1 Å². The van der Waals surface area contributed by atoms with Crippen LogP contribution in [0.2, 0.25) is 0 Å². The first-order valence-corrected chi connectivity index (χ1v) is 7.13. The van der Waals surface area contributed by atoms with Crippen molar-refractivity contribution in [3.8, 4) is 24.3 Å². The van der Waals surface area contributed by atoms with Crippen LogP contribution in [0.25, 0.3) is 0 Å². The minimum atomic E-state index is -1.98. The normalized spacial score (nSPS) is 18.4. The van der Waals surface area contributed by atoms with Gasteiger partial charge in [-0.05, 0) is 12.1 Å². The van der Waals surface area contributed by atoms with Gasteiger partial charge in [-0.3, -0.25) is 0 Å². The van der Waals surface area contributed by atoms with E-state index in [0.29, 0.717) is 0 Å². The Kier molecular flexibility index (Phi) is 4.18. The number of nitriles is 4. The van der Waals surface area contributed by atoms with Crippen LogP contribution in [0.5, 0.6) is 0 Å². The van der Waals surface area contributed by atoms with Crippen LogP contribution in [-0.4, -0.2) is 0 Å². The quantitative estimate of drug-likeness (QED) is 0.827. The van der Waals surface area contributed by atoms with Gasteiger partial charge in [-0.1, -0.05) is 30.0 Å².